The van der Waals surface area contributed by atoms with Gasteiger partial charge in [0.05, 0.1) is 22.7 Å². The van der Waals surface area contributed by atoms with Crippen LogP contribution < -0.4 is 5.56 Å². The molecule has 0 spiro atoms. The Hall–Kier alpha value is -1.67. The van der Waals surface area contributed by atoms with Gasteiger partial charge in [-0.15, -0.1) is 6.42 Å². The Labute approximate surface area is 169 Å². The molecule has 0 unspecified atom stereocenters. The van der Waals surface area contributed by atoms with Crippen molar-refractivity contribution in [3.8, 4) is 12.3 Å². The second kappa shape index (κ2) is 9.22. The van der Waals surface area contributed by atoms with E-state index in [1.165, 1.54) is 4.68 Å². The number of hydrogen-bond acceptors (Lipinski definition) is 4. The van der Waals surface area contributed by atoms with Crippen LogP contribution in [0.3, 0.4) is 0 Å². The van der Waals surface area contributed by atoms with Crippen LogP contribution in [0.5, 0.6) is 0 Å². The van der Waals surface area contributed by atoms with Crippen molar-refractivity contribution < 1.29 is 9.47 Å². The number of hydrogen-bond donors (Lipinski definition) is 0. The smallest absolute Gasteiger partial charge is 0.279 e. The second-order valence-electron chi connectivity index (χ2n) is 9.56. The average molecular weight is 420 g/mol. The first kappa shape index (κ1) is 22.6. The van der Waals surface area contributed by atoms with Crippen molar-refractivity contribution in [2.75, 3.05) is 13.2 Å². The van der Waals surface area contributed by atoms with Gasteiger partial charge in [0.1, 0.15) is 13.5 Å². The predicted octanol–water partition coefficient (Wildman–Crippen LogP) is 3.80. The molecular weight excluding hydrogens is 386 g/mol. The summed E-state index contributed by atoms with van der Waals surface area (Å²) < 4.78 is 14.7. The van der Waals surface area contributed by atoms with Crippen molar-refractivity contribution in [1.29, 1.82) is 0 Å². The first-order valence-electron chi connectivity index (χ1n) is 9.73. The van der Waals surface area contributed by atoms with Crippen LogP contribution >= 0.6 is 0 Å². The zero-order chi connectivity index (χ0) is 20.9. The topological polar surface area (TPSA) is 58.3 Å². The maximum Gasteiger partial charge on any atom is 0.279 e. The molecule has 0 fully saturated rings. The van der Waals surface area contributed by atoms with Crippen LogP contribution in [0.4, 0.5) is 0 Å². The molecule has 0 aliphatic carbocycles. The van der Waals surface area contributed by atoms with Crippen molar-refractivity contribution in [1.82, 2.24) is 14.3 Å². The molecule has 0 saturated heterocycles. The Morgan fingerprint density at radius 1 is 1.04 bits per heavy atom. The van der Waals surface area contributed by atoms with Crippen LogP contribution in [-0.2, 0) is 22.9 Å². The van der Waals surface area contributed by atoms with Crippen molar-refractivity contribution in [3.05, 3.63) is 28.3 Å². The fraction of sp³-hybridized carbons (Fsp3) is 0.600. The Kier molecular flexibility index (Phi) is 7.45. The van der Waals surface area contributed by atoms with Gasteiger partial charge in [0, 0.05) is 35.6 Å². The fourth-order valence-corrected chi connectivity index (χ4v) is 4.13. The molecule has 2 rings (SSSR count). The molecule has 0 saturated carbocycles. The lowest BCUT2D eigenvalue weighted by atomic mass is 10.2. The van der Waals surface area contributed by atoms with Gasteiger partial charge in [-0.05, 0) is 12.1 Å². The van der Waals surface area contributed by atoms with Gasteiger partial charge in [-0.3, -0.25) is 4.79 Å². The summed E-state index contributed by atoms with van der Waals surface area (Å²) in [4.78, 5) is 12.9. The summed E-state index contributed by atoms with van der Waals surface area (Å²) in [5.74, 6) is 2.61. The Bertz CT molecular complexity index is 899. The number of terminal acetylenes is 1. The summed E-state index contributed by atoms with van der Waals surface area (Å²) in [7, 11) is -2.31. The third-order valence-electron chi connectivity index (χ3n) is 4.48. The molecule has 0 atom stereocenters. The Balaban J connectivity index is 2.13. The number of ether oxygens (including phenoxy) is 2. The predicted molar refractivity (Wildman–Crippen MR) is 120 cm³/mol. The largest absolute Gasteiger partial charge is 0.361 e. The van der Waals surface area contributed by atoms with Crippen molar-refractivity contribution in [3.63, 3.8) is 0 Å². The number of aromatic nitrogens is 3. The molecule has 6 nitrogen and oxygen atoms in total. The molecule has 0 radical (unpaired) electrons. The zero-order valence-corrected chi connectivity index (χ0v) is 20.0. The van der Waals surface area contributed by atoms with Gasteiger partial charge in [-0.2, -0.15) is 5.10 Å². The minimum Gasteiger partial charge on any atom is -0.361 e. The maximum atomic E-state index is 12.9. The van der Waals surface area contributed by atoms with E-state index in [0.29, 0.717) is 36.4 Å². The van der Waals surface area contributed by atoms with Crippen LogP contribution in [0.25, 0.3) is 10.9 Å². The summed E-state index contributed by atoms with van der Waals surface area (Å²) >= 11 is 0. The minimum atomic E-state index is -1.17. The minimum absolute atomic E-state index is 0.140. The lowest BCUT2D eigenvalue weighted by molar-refractivity contribution is 0.0752. The molecule has 2 heterocycles. The van der Waals surface area contributed by atoms with Crippen LogP contribution in [-0.4, -0.2) is 43.7 Å². The zero-order valence-electron chi connectivity index (χ0n) is 18.0. The SMILES string of the molecule is C#Cc1cn(COCC[Si](C)(C)C)c2cnn(COCC[Si](C)(C)C)c(=O)c12. The molecular formula is C20H33N3O3Si2. The van der Waals surface area contributed by atoms with E-state index >= 15 is 0 Å². The molecule has 0 amide bonds. The quantitative estimate of drug-likeness (QED) is 0.334. The van der Waals surface area contributed by atoms with Crippen molar-refractivity contribution in [2.45, 2.75) is 64.8 Å². The lowest BCUT2D eigenvalue weighted by Gasteiger charge is -2.16. The van der Waals surface area contributed by atoms with Gasteiger partial charge in [0.2, 0.25) is 0 Å². The summed E-state index contributed by atoms with van der Waals surface area (Å²) in [6.45, 7) is 15.7. The summed E-state index contributed by atoms with van der Waals surface area (Å²) in [6.07, 6.45) is 9.09. The lowest BCUT2D eigenvalue weighted by Crippen LogP contribution is -2.26. The molecule has 154 valence electrons. The molecule has 0 aromatic carbocycles. The Morgan fingerprint density at radius 3 is 2.14 bits per heavy atom. The van der Waals surface area contributed by atoms with E-state index in [2.05, 4.69) is 50.3 Å². The highest BCUT2D eigenvalue weighted by molar-refractivity contribution is 6.76. The Morgan fingerprint density at radius 2 is 1.61 bits per heavy atom. The van der Waals surface area contributed by atoms with Gasteiger partial charge in [-0.1, -0.05) is 45.2 Å². The number of rotatable bonds is 10. The molecule has 2 aromatic heterocycles. The van der Waals surface area contributed by atoms with E-state index < -0.39 is 16.1 Å². The molecule has 0 N–H and O–H groups in total. The van der Waals surface area contributed by atoms with Gasteiger partial charge in [0.25, 0.3) is 5.56 Å². The van der Waals surface area contributed by atoms with Crippen molar-refractivity contribution >= 4 is 27.1 Å². The first-order chi connectivity index (χ1) is 13.0. The van der Waals surface area contributed by atoms with Gasteiger partial charge in [0.15, 0.2) is 0 Å². The van der Waals surface area contributed by atoms with Crippen molar-refractivity contribution in [2.24, 2.45) is 0 Å². The summed E-state index contributed by atoms with van der Waals surface area (Å²) in [5, 5.41) is 4.77. The normalized spacial score (nSPS) is 12.5. The maximum absolute atomic E-state index is 12.9. The van der Waals surface area contributed by atoms with Gasteiger partial charge in [-0.25, -0.2) is 4.68 Å². The van der Waals surface area contributed by atoms with E-state index in [9.17, 15) is 4.79 Å². The van der Waals surface area contributed by atoms with E-state index in [0.717, 1.165) is 12.1 Å². The third-order valence-corrected chi connectivity index (χ3v) is 7.89. The molecule has 0 bridgehead atoms. The van der Waals surface area contributed by atoms with Crippen LogP contribution in [0.15, 0.2) is 17.2 Å². The molecule has 0 aliphatic rings. The highest BCUT2D eigenvalue weighted by atomic mass is 28.3. The van der Waals surface area contributed by atoms with Crippen LogP contribution in [0, 0.1) is 12.3 Å². The standard InChI is InChI=1S/C20H33N3O3Si2/c1-8-17-14-22(15-25-9-11-27(2,3)4)18-13-21-23(20(24)19(17)18)16-26-10-12-28(5,6)7/h1,13-14H,9-12,15-16H2,2-7H3. The summed E-state index contributed by atoms with van der Waals surface area (Å²) in [5.41, 5.74) is 1.04. The first-order valence-corrected chi connectivity index (χ1v) is 17.1. The molecule has 2 aromatic rings. The molecule has 8 heteroatoms. The van der Waals surface area contributed by atoms with E-state index in [1.807, 2.05) is 4.57 Å². The van der Waals surface area contributed by atoms with E-state index in [4.69, 9.17) is 15.9 Å². The number of fused-ring (bicyclic) bond motifs is 1. The molecule has 28 heavy (non-hydrogen) atoms. The monoisotopic (exact) mass is 419 g/mol. The highest BCUT2D eigenvalue weighted by Gasteiger charge is 2.16. The highest BCUT2D eigenvalue weighted by Crippen LogP contribution is 2.17. The number of nitrogens with zero attached hydrogens (tertiary/aromatic N) is 3. The van der Waals surface area contributed by atoms with Gasteiger partial charge < -0.3 is 14.0 Å². The second-order valence-corrected chi connectivity index (χ2v) is 20.8. The average Bonchev–Trinajstić information content (AvgIpc) is 2.94. The molecule has 0 aliphatic heterocycles. The fourth-order valence-electron chi connectivity index (χ4n) is 2.62. The third kappa shape index (κ3) is 6.45. The van der Waals surface area contributed by atoms with Crippen LogP contribution in [0.2, 0.25) is 51.4 Å². The van der Waals surface area contributed by atoms with E-state index in [1.54, 1.807) is 12.4 Å². The summed E-state index contributed by atoms with van der Waals surface area (Å²) in [6, 6.07) is 2.14. The van der Waals surface area contributed by atoms with E-state index in [-0.39, 0.29) is 12.3 Å². The van der Waals surface area contributed by atoms with Crippen LogP contribution in [0.1, 0.15) is 5.56 Å². The van der Waals surface area contributed by atoms with Gasteiger partial charge >= 0.3 is 0 Å².